The van der Waals surface area contributed by atoms with Crippen LogP contribution in [0.1, 0.15) is 26.2 Å². The van der Waals surface area contributed by atoms with Gasteiger partial charge in [0.15, 0.2) is 0 Å². The number of piperidine rings is 1. The molecule has 0 spiro atoms. The Kier molecular flexibility index (Phi) is 5.19. The van der Waals surface area contributed by atoms with Gasteiger partial charge in [0.2, 0.25) is 10.0 Å². The Labute approximate surface area is 149 Å². The molecule has 8 heteroatoms. The minimum Gasteiger partial charge on any atom is -0.497 e. The van der Waals surface area contributed by atoms with E-state index in [1.165, 1.54) is 23.5 Å². The molecule has 1 N–H and O–H groups in total. The van der Waals surface area contributed by atoms with Gasteiger partial charge in [0.05, 0.1) is 18.0 Å². The number of carbonyl (C=O) groups is 1. The number of sulfonamides is 1. The Morgan fingerprint density at radius 1 is 1.20 bits per heavy atom. The fourth-order valence-electron chi connectivity index (χ4n) is 3.28. The first kappa shape index (κ1) is 18.0. The van der Waals surface area contributed by atoms with E-state index >= 15 is 0 Å². The van der Waals surface area contributed by atoms with Crippen LogP contribution in [0.25, 0.3) is 0 Å². The van der Waals surface area contributed by atoms with Crippen molar-refractivity contribution >= 4 is 16.1 Å². The van der Waals surface area contributed by atoms with Gasteiger partial charge in [-0.1, -0.05) is 0 Å². The van der Waals surface area contributed by atoms with Crippen LogP contribution in [-0.2, 0) is 10.0 Å². The summed E-state index contributed by atoms with van der Waals surface area (Å²) >= 11 is 0. The van der Waals surface area contributed by atoms with Gasteiger partial charge in [0.25, 0.3) is 0 Å². The van der Waals surface area contributed by atoms with E-state index in [2.05, 4.69) is 12.2 Å². The quantitative estimate of drug-likeness (QED) is 0.878. The Bertz CT molecular complexity index is 714. The number of rotatable bonds is 4. The third-order valence-electron chi connectivity index (χ3n) is 4.94. The number of likely N-dealkylation sites (tertiary alicyclic amines) is 1. The average Bonchev–Trinajstić information content (AvgIpc) is 2.57. The number of carbonyl (C=O) groups excluding carboxylic acids is 1. The molecule has 3 rings (SSSR count). The summed E-state index contributed by atoms with van der Waals surface area (Å²) in [4.78, 5) is 14.4. The van der Waals surface area contributed by atoms with E-state index < -0.39 is 10.0 Å². The molecule has 0 saturated carbocycles. The van der Waals surface area contributed by atoms with Crippen molar-refractivity contribution in [2.45, 2.75) is 43.2 Å². The highest BCUT2D eigenvalue weighted by molar-refractivity contribution is 7.89. The molecule has 1 unspecified atom stereocenters. The molecule has 1 aromatic carbocycles. The van der Waals surface area contributed by atoms with E-state index in [-0.39, 0.29) is 23.0 Å². The van der Waals surface area contributed by atoms with Crippen molar-refractivity contribution in [3.63, 3.8) is 0 Å². The normalized spacial score (nSPS) is 22.3. The van der Waals surface area contributed by atoms with Crippen LogP contribution in [0.2, 0.25) is 0 Å². The highest BCUT2D eigenvalue weighted by Crippen LogP contribution is 2.24. The van der Waals surface area contributed by atoms with Crippen LogP contribution < -0.4 is 10.1 Å². The third kappa shape index (κ3) is 3.74. The van der Waals surface area contributed by atoms with Gasteiger partial charge < -0.3 is 15.0 Å². The Balaban J connectivity index is 1.55. The van der Waals surface area contributed by atoms with Gasteiger partial charge in [0, 0.05) is 25.7 Å². The maximum atomic E-state index is 12.6. The predicted octanol–water partition coefficient (Wildman–Crippen LogP) is 1.65. The molecule has 2 fully saturated rings. The van der Waals surface area contributed by atoms with Gasteiger partial charge in [-0.2, -0.15) is 4.31 Å². The van der Waals surface area contributed by atoms with Gasteiger partial charge >= 0.3 is 6.03 Å². The number of hydrogen-bond acceptors (Lipinski definition) is 4. The van der Waals surface area contributed by atoms with E-state index in [1.807, 2.05) is 4.90 Å². The molecule has 0 aliphatic carbocycles. The van der Waals surface area contributed by atoms with E-state index in [4.69, 9.17) is 4.74 Å². The lowest BCUT2D eigenvalue weighted by Crippen LogP contribution is -2.63. The summed E-state index contributed by atoms with van der Waals surface area (Å²) in [6.45, 7) is 3.44. The average molecular weight is 367 g/mol. The molecule has 25 heavy (non-hydrogen) atoms. The van der Waals surface area contributed by atoms with Gasteiger partial charge in [-0.15, -0.1) is 0 Å². The van der Waals surface area contributed by atoms with Crippen LogP contribution in [-0.4, -0.2) is 62.5 Å². The van der Waals surface area contributed by atoms with Crippen LogP contribution in [0, 0.1) is 0 Å². The molecule has 2 saturated heterocycles. The molecular weight excluding hydrogens is 342 g/mol. The minimum absolute atomic E-state index is 0.0845. The summed E-state index contributed by atoms with van der Waals surface area (Å²) in [6, 6.07) is 6.36. The van der Waals surface area contributed by atoms with E-state index in [1.54, 1.807) is 12.1 Å². The number of benzene rings is 1. The minimum atomic E-state index is -3.52. The molecule has 7 nitrogen and oxygen atoms in total. The van der Waals surface area contributed by atoms with Crippen LogP contribution in [0.4, 0.5) is 4.79 Å². The van der Waals surface area contributed by atoms with Gasteiger partial charge in [-0.05, 0) is 50.5 Å². The summed E-state index contributed by atoms with van der Waals surface area (Å²) < 4.78 is 31.6. The number of nitrogens with zero attached hydrogens (tertiary/aromatic N) is 2. The topological polar surface area (TPSA) is 79.0 Å². The molecule has 2 amide bonds. The largest absolute Gasteiger partial charge is 0.497 e. The van der Waals surface area contributed by atoms with E-state index in [0.29, 0.717) is 18.8 Å². The number of amides is 2. The second-order valence-electron chi connectivity index (χ2n) is 6.68. The number of urea groups is 1. The standard InChI is InChI=1S/C17H25N3O4S/c1-13-5-3-4-10-20(13)17(21)18-14-11-19(12-14)25(22,23)16-8-6-15(24-2)7-9-16/h6-9,13-14H,3-5,10-12H2,1-2H3,(H,18,21). The van der Waals surface area contributed by atoms with Crippen LogP contribution >= 0.6 is 0 Å². The summed E-state index contributed by atoms with van der Waals surface area (Å²) in [5.74, 6) is 0.614. The van der Waals surface area contributed by atoms with Crippen molar-refractivity contribution in [1.29, 1.82) is 0 Å². The first-order chi connectivity index (χ1) is 11.9. The Morgan fingerprint density at radius 2 is 1.88 bits per heavy atom. The van der Waals surface area contributed by atoms with Crippen LogP contribution in [0.3, 0.4) is 0 Å². The lowest BCUT2D eigenvalue weighted by Gasteiger charge is -2.41. The summed E-state index contributed by atoms with van der Waals surface area (Å²) in [7, 11) is -1.98. The van der Waals surface area contributed by atoms with Crippen LogP contribution in [0.5, 0.6) is 5.75 Å². The summed E-state index contributed by atoms with van der Waals surface area (Å²) in [5.41, 5.74) is 0. The number of nitrogens with one attached hydrogen (secondary N) is 1. The Hall–Kier alpha value is -1.80. The molecule has 0 radical (unpaired) electrons. The van der Waals surface area contributed by atoms with Crippen molar-refractivity contribution in [2.24, 2.45) is 0 Å². The van der Waals surface area contributed by atoms with Gasteiger partial charge in [0.1, 0.15) is 5.75 Å². The van der Waals surface area contributed by atoms with E-state index in [9.17, 15) is 13.2 Å². The van der Waals surface area contributed by atoms with Crippen molar-refractivity contribution in [2.75, 3.05) is 26.7 Å². The maximum absolute atomic E-state index is 12.6. The lowest BCUT2D eigenvalue weighted by molar-refractivity contribution is 0.142. The summed E-state index contributed by atoms with van der Waals surface area (Å²) in [6.07, 6.45) is 3.21. The van der Waals surface area contributed by atoms with Crippen molar-refractivity contribution in [3.8, 4) is 5.75 Å². The molecule has 1 atom stereocenters. The lowest BCUT2D eigenvalue weighted by atomic mass is 10.0. The number of hydrogen-bond donors (Lipinski definition) is 1. The summed E-state index contributed by atoms with van der Waals surface area (Å²) in [5, 5.41) is 2.95. The predicted molar refractivity (Wildman–Crippen MR) is 94.1 cm³/mol. The SMILES string of the molecule is COc1ccc(S(=O)(=O)N2CC(NC(=O)N3CCCCC3C)C2)cc1. The molecular formula is C17H25N3O4S. The highest BCUT2D eigenvalue weighted by Gasteiger charge is 2.38. The van der Waals surface area contributed by atoms with Crippen LogP contribution in [0.15, 0.2) is 29.2 Å². The first-order valence-corrected chi connectivity index (χ1v) is 10.1. The molecule has 138 valence electrons. The second-order valence-corrected chi connectivity index (χ2v) is 8.62. The molecule has 2 heterocycles. The van der Waals surface area contributed by atoms with E-state index in [0.717, 1.165) is 25.8 Å². The third-order valence-corrected chi connectivity index (χ3v) is 6.78. The molecule has 2 aliphatic rings. The molecule has 1 aromatic rings. The van der Waals surface area contributed by atoms with Crippen molar-refractivity contribution in [1.82, 2.24) is 14.5 Å². The molecule has 0 bridgehead atoms. The van der Waals surface area contributed by atoms with Gasteiger partial charge in [-0.3, -0.25) is 0 Å². The number of ether oxygens (including phenoxy) is 1. The van der Waals surface area contributed by atoms with Gasteiger partial charge in [-0.25, -0.2) is 13.2 Å². The number of methoxy groups -OCH3 is 1. The smallest absolute Gasteiger partial charge is 0.317 e. The zero-order chi connectivity index (χ0) is 18.0. The maximum Gasteiger partial charge on any atom is 0.317 e. The first-order valence-electron chi connectivity index (χ1n) is 8.63. The zero-order valence-electron chi connectivity index (χ0n) is 14.6. The zero-order valence-corrected chi connectivity index (χ0v) is 15.5. The highest BCUT2D eigenvalue weighted by atomic mass is 32.2. The molecule has 0 aromatic heterocycles. The monoisotopic (exact) mass is 367 g/mol. The fraction of sp³-hybridized carbons (Fsp3) is 0.588. The van der Waals surface area contributed by atoms with Crippen molar-refractivity contribution in [3.05, 3.63) is 24.3 Å². The Morgan fingerprint density at radius 3 is 2.48 bits per heavy atom. The molecule has 2 aliphatic heterocycles. The fourth-order valence-corrected chi connectivity index (χ4v) is 4.81. The van der Waals surface area contributed by atoms with Crippen molar-refractivity contribution < 1.29 is 17.9 Å². The second kappa shape index (κ2) is 7.21.